The van der Waals surface area contributed by atoms with Crippen LogP contribution in [-0.4, -0.2) is 11.0 Å². The van der Waals surface area contributed by atoms with Crippen LogP contribution < -0.4 is 10.6 Å². The number of benzene rings is 3. The van der Waals surface area contributed by atoms with Crippen LogP contribution in [-0.2, 0) is 18.1 Å². The molecule has 0 spiro atoms. The van der Waals surface area contributed by atoms with Crippen LogP contribution in [0.15, 0.2) is 85.1 Å². The molecule has 0 aliphatic rings. The van der Waals surface area contributed by atoms with Gasteiger partial charge in [0.2, 0.25) is 0 Å². The molecule has 38 heavy (non-hydrogen) atoms. The predicted octanol–water partition coefficient (Wildman–Crippen LogP) is 7.65. The van der Waals surface area contributed by atoms with E-state index in [1.165, 1.54) is 36.5 Å². The molecular weight excluding hydrogens is 525 g/mol. The fourth-order valence-corrected chi connectivity index (χ4v) is 4.28. The van der Waals surface area contributed by atoms with Gasteiger partial charge in [0.05, 0.1) is 16.3 Å². The van der Waals surface area contributed by atoms with Crippen LogP contribution in [0.1, 0.15) is 27.9 Å². The van der Waals surface area contributed by atoms with Crippen molar-refractivity contribution in [1.82, 2.24) is 10.3 Å². The van der Waals surface area contributed by atoms with E-state index >= 15 is 0 Å². The maximum absolute atomic E-state index is 14.7. The van der Waals surface area contributed by atoms with E-state index in [9.17, 15) is 26.7 Å². The van der Waals surface area contributed by atoms with Crippen LogP contribution in [0.4, 0.5) is 32.4 Å². The molecule has 0 fully saturated rings. The summed E-state index contributed by atoms with van der Waals surface area (Å²) in [6.45, 7) is 1.80. The zero-order valence-electron chi connectivity index (χ0n) is 19.9. The fourth-order valence-electron chi connectivity index (χ4n) is 4.17. The highest BCUT2D eigenvalue weighted by Gasteiger charge is 2.41. The maximum atomic E-state index is 14.7. The molecule has 2 amide bonds. The number of alkyl halides is 3. The number of pyridine rings is 1. The third-order valence-corrected chi connectivity index (χ3v) is 6.23. The summed E-state index contributed by atoms with van der Waals surface area (Å²) >= 11 is 6.02. The summed E-state index contributed by atoms with van der Waals surface area (Å²) in [5.74, 6) is -1.75. The number of halogens is 6. The molecule has 1 heterocycles. The Labute approximate surface area is 220 Å². The van der Waals surface area contributed by atoms with Crippen LogP contribution in [0.25, 0.3) is 0 Å². The highest BCUT2D eigenvalue weighted by atomic mass is 35.5. The smallest absolute Gasteiger partial charge is 0.322 e. The van der Waals surface area contributed by atoms with Crippen molar-refractivity contribution in [2.45, 2.75) is 25.1 Å². The van der Waals surface area contributed by atoms with Gasteiger partial charge in [-0.3, -0.25) is 4.98 Å². The Morgan fingerprint density at radius 3 is 2.29 bits per heavy atom. The lowest BCUT2D eigenvalue weighted by molar-refractivity contribution is -0.137. The lowest BCUT2D eigenvalue weighted by atomic mass is 9.79. The maximum Gasteiger partial charge on any atom is 0.416 e. The quantitative estimate of drug-likeness (QED) is 0.245. The van der Waals surface area contributed by atoms with Gasteiger partial charge in [-0.25, -0.2) is 13.6 Å². The summed E-state index contributed by atoms with van der Waals surface area (Å²) in [6.07, 6.45) is -3.67. The van der Waals surface area contributed by atoms with E-state index in [-0.39, 0.29) is 28.4 Å². The molecule has 0 radical (unpaired) electrons. The first kappa shape index (κ1) is 27.1. The van der Waals surface area contributed by atoms with Crippen LogP contribution in [0.2, 0.25) is 5.02 Å². The minimum atomic E-state index is -4.86. The SMILES string of the molecule is Cc1ccccc1C[C@](NC(=O)Nc1cccc(F)c1)(c1cc(F)cc(C(F)(F)F)c1)c1ccc(Cl)cn1. The van der Waals surface area contributed by atoms with E-state index in [2.05, 4.69) is 15.6 Å². The van der Waals surface area contributed by atoms with E-state index in [4.69, 9.17) is 11.6 Å². The van der Waals surface area contributed by atoms with Crippen LogP contribution >= 0.6 is 11.6 Å². The molecule has 0 aliphatic heterocycles. The first-order valence-corrected chi connectivity index (χ1v) is 11.7. The Balaban J connectivity index is 1.93. The van der Waals surface area contributed by atoms with Crippen molar-refractivity contribution in [3.05, 3.63) is 130 Å². The second-order valence-electron chi connectivity index (χ2n) is 8.69. The Kier molecular flexibility index (Phi) is 7.68. The number of carbonyl (C=O) groups is 1. The molecule has 1 atom stereocenters. The third kappa shape index (κ3) is 6.11. The first-order chi connectivity index (χ1) is 18.0. The van der Waals surface area contributed by atoms with Gasteiger partial charge in [0.15, 0.2) is 0 Å². The average Bonchev–Trinajstić information content (AvgIpc) is 2.84. The predicted molar refractivity (Wildman–Crippen MR) is 135 cm³/mol. The van der Waals surface area contributed by atoms with Crippen molar-refractivity contribution in [3.8, 4) is 0 Å². The first-order valence-electron chi connectivity index (χ1n) is 11.4. The summed E-state index contributed by atoms with van der Waals surface area (Å²) in [7, 11) is 0. The van der Waals surface area contributed by atoms with Crippen molar-refractivity contribution in [2.24, 2.45) is 0 Å². The minimum absolute atomic E-state index is 0.0916. The lowest BCUT2D eigenvalue weighted by Gasteiger charge is -2.36. The number of nitrogens with zero attached hydrogens (tertiary/aromatic N) is 1. The minimum Gasteiger partial charge on any atom is -0.322 e. The summed E-state index contributed by atoms with van der Waals surface area (Å²) < 4.78 is 69.6. The third-order valence-electron chi connectivity index (χ3n) is 6.01. The van der Waals surface area contributed by atoms with E-state index in [0.29, 0.717) is 11.6 Å². The lowest BCUT2D eigenvalue weighted by Crippen LogP contribution is -2.51. The fraction of sp³-hybridized carbons (Fsp3) is 0.143. The van der Waals surface area contributed by atoms with Crippen molar-refractivity contribution >= 4 is 23.3 Å². The number of nitrogens with one attached hydrogen (secondary N) is 2. The number of hydrogen-bond donors (Lipinski definition) is 2. The molecule has 4 nitrogen and oxygen atoms in total. The van der Waals surface area contributed by atoms with Crippen LogP contribution in [0.3, 0.4) is 0 Å². The zero-order valence-corrected chi connectivity index (χ0v) is 20.7. The molecule has 196 valence electrons. The van der Waals surface area contributed by atoms with Crippen molar-refractivity contribution in [1.29, 1.82) is 0 Å². The van der Waals surface area contributed by atoms with Gasteiger partial charge >= 0.3 is 12.2 Å². The summed E-state index contributed by atoms with van der Waals surface area (Å²) in [4.78, 5) is 17.6. The number of amides is 2. The topological polar surface area (TPSA) is 54.0 Å². The molecule has 0 unspecified atom stereocenters. The van der Waals surface area contributed by atoms with E-state index in [0.717, 1.165) is 23.8 Å². The van der Waals surface area contributed by atoms with Gasteiger partial charge in [-0.2, -0.15) is 13.2 Å². The van der Waals surface area contributed by atoms with Gasteiger partial charge in [0.1, 0.15) is 17.2 Å². The van der Waals surface area contributed by atoms with Gasteiger partial charge in [-0.1, -0.05) is 41.9 Å². The van der Waals surface area contributed by atoms with E-state index in [1.807, 2.05) is 0 Å². The number of hydrogen-bond acceptors (Lipinski definition) is 2. The molecule has 1 aromatic heterocycles. The number of rotatable bonds is 6. The number of carbonyl (C=O) groups excluding carboxylic acids is 1. The normalized spacial score (nSPS) is 13.0. The number of aromatic nitrogens is 1. The van der Waals surface area contributed by atoms with Gasteiger partial charge < -0.3 is 10.6 Å². The van der Waals surface area contributed by atoms with Gasteiger partial charge in [0.25, 0.3) is 0 Å². The van der Waals surface area contributed by atoms with Crippen molar-refractivity contribution in [3.63, 3.8) is 0 Å². The molecule has 0 saturated heterocycles. The standard InChI is InChI=1S/C28H21ClF5N3O/c1-17-5-2-3-6-18(17)15-27(25-10-9-21(29)16-35-25,19-11-20(28(32,33)34)13-23(31)12-19)37-26(38)36-24-8-4-7-22(30)14-24/h2-14,16H,15H2,1H3,(H2,36,37,38)/t27-/m0/s1. The second kappa shape index (κ2) is 10.8. The van der Waals surface area contributed by atoms with Gasteiger partial charge in [-0.15, -0.1) is 0 Å². The van der Waals surface area contributed by atoms with E-state index in [1.54, 1.807) is 31.2 Å². The Bertz CT molecular complexity index is 1460. The molecule has 0 bridgehead atoms. The number of urea groups is 1. The Hall–Kier alpha value is -3.98. The Morgan fingerprint density at radius 2 is 1.63 bits per heavy atom. The molecule has 2 N–H and O–H groups in total. The molecule has 10 heteroatoms. The van der Waals surface area contributed by atoms with Crippen LogP contribution in [0, 0.1) is 18.6 Å². The van der Waals surface area contributed by atoms with Crippen LogP contribution in [0.5, 0.6) is 0 Å². The Morgan fingerprint density at radius 1 is 0.895 bits per heavy atom. The monoisotopic (exact) mass is 545 g/mol. The largest absolute Gasteiger partial charge is 0.416 e. The number of anilines is 1. The summed E-state index contributed by atoms with van der Waals surface area (Å²) in [5.41, 5.74) is -1.57. The van der Waals surface area contributed by atoms with Crippen molar-refractivity contribution < 1.29 is 26.7 Å². The highest BCUT2D eigenvalue weighted by molar-refractivity contribution is 6.30. The summed E-state index contributed by atoms with van der Waals surface area (Å²) in [5, 5.41) is 5.46. The van der Waals surface area contributed by atoms with Gasteiger partial charge in [0, 0.05) is 18.3 Å². The molecule has 0 aliphatic carbocycles. The zero-order chi connectivity index (χ0) is 27.5. The molecule has 4 aromatic rings. The molecular formula is C28H21ClF5N3O. The number of aryl methyl sites for hydroxylation is 1. The molecule has 0 saturated carbocycles. The molecule has 4 rings (SSSR count). The highest BCUT2D eigenvalue weighted by Crippen LogP contribution is 2.38. The van der Waals surface area contributed by atoms with E-state index < -0.39 is 34.9 Å². The second-order valence-corrected chi connectivity index (χ2v) is 9.12. The average molecular weight is 546 g/mol. The van der Waals surface area contributed by atoms with Gasteiger partial charge in [-0.05, 0) is 72.1 Å². The molecule has 3 aromatic carbocycles. The summed E-state index contributed by atoms with van der Waals surface area (Å²) in [6, 6.07) is 16.3. The van der Waals surface area contributed by atoms with Crippen molar-refractivity contribution in [2.75, 3.05) is 5.32 Å².